The van der Waals surface area contributed by atoms with Crippen LogP contribution in [0.1, 0.15) is 42.6 Å². The normalized spacial score (nSPS) is 16.1. The number of aryl methyl sites for hydroxylation is 1. The number of nitrogens with zero attached hydrogens (tertiary/aromatic N) is 1. The summed E-state index contributed by atoms with van der Waals surface area (Å²) in [7, 11) is 3.55. The number of piperidine rings is 1. The summed E-state index contributed by atoms with van der Waals surface area (Å²) in [6.45, 7) is 4.11. The van der Waals surface area contributed by atoms with Gasteiger partial charge in [0.1, 0.15) is 5.75 Å². The molecule has 0 aliphatic carbocycles. The molecule has 0 aromatic heterocycles. The molecule has 3 atom stereocenters. The first-order valence-electron chi connectivity index (χ1n) is 15.6. The number of rotatable bonds is 14. The minimum absolute atomic E-state index is 0.0136. The van der Waals surface area contributed by atoms with Gasteiger partial charge in [0.25, 0.3) is 0 Å². The van der Waals surface area contributed by atoms with Crippen molar-refractivity contribution >= 4 is 23.7 Å². The monoisotopic (exact) mass is 636 g/mol. The first-order chi connectivity index (χ1) is 21.8. The van der Waals surface area contributed by atoms with Crippen LogP contribution < -0.4 is 20.7 Å². The van der Waals surface area contributed by atoms with Gasteiger partial charge in [0.15, 0.2) is 0 Å². The Morgan fingerprint density at radius 2 is 1.84 bits per heavy atom. The van der Waals surface area contributed by atoms with Gasteiger partial charge >= 0.3 is 12.1 Å². The number of carboxylic acid groups (broad SMARTS) is 1. The molecule has 3 aromatic carbocycles. The number of carbonyl (C=O) groups is 2. The van der Waals surface area contributed by atoms with Gasteiger partial charge in [-0.05, 0) is 73.2 Å². The second-order valence-electron chi connectivity index (χ2n) is 11.4. The van der Waals surface area contributed by atoms with Crippen molar-refractivity contribution in [1.29, 1.82) is 0 Å². The number of methoxy groups -OCH3 is 1. The Morgan fingerprint density at radius 1 is 1.07 bits per heavy atom. The van der Waals surface area contributed by atoms with Gasteiger partial charge in [-0.25, -0.2) is 9.59 Å². The largest absolute Gasteiger partial charge is 0.497 e. The number of carbonyl (C=O) groups excluding carboxylic acids is 1. The van der Waals surface area contributed by atoms with Crippen LogP contribution in [-0.2, 0) is 17.6 Å². The first-order valence-corrected chi connectivity index (χ1v) is 16.0. The Labute approximate surface area is 271 Å². The molecule has 0 saturated carbocycles. The highest BCUT2D eigenvalue weighted by Crippen LogP contribution is 2.41. The second kappa shape index (κ2) is 17.1. The Balaban J connectivity index is 1.50. The molecule has 45 heavy (non-hydrogen) atoms. The zero-order chi connectivity index (χ0) is 32.2. The van der Waals surface area contributed by atoms with E-state index in [1.165, 1.54) is 5.56 Å². The highest BCUT2D eigenvalue weighted by molar-refractivity contribution is 6.33. The SMILES string of the molecule is CCc1cccc(-c2c(Cl)cccc2C(OCCNC(=O)O)C2CCCN(C(=O)NCC(Cc3ccc(OC)cc3)NC)C2)c1. The van der Waals surface area contributed by atoms with Gasteiger partial charge in [0, 0.05) is 48.7 Å². The molecule has 1 aliphatic rings. The molecule has 0 spiro atoms. The zero-order valence-corrected chi connectivity index (χ0v) is 27.1. The second-order valence-corrected chi connectivity index (χ2v) is 11.8. The number of ether oxygens (including phenoxy) is 2. The topological polar surface area (TPSA) is 112 Å². The maximum Gasteiger partial charge on any atom is 0.404 e. The lowest BCUT2D eigenvalue weighted by Crippen LogP contribution is -2.50. The Kier molecular flexibility index (Phi) is 12.9. The van der Waals surface area contributed by atoms with Crippen LogP contribution in [0.5, 0.6) is 5.75 Å². The summed E-state index contributed by atoms with van der Waals surface area (Å²) < 4.78 is 11.7. The van der Waals surface area contributed by atoms with Crippen LogP contribution in [-0.4, -0.2) is 75.1 Å². The lowest BCUT2D eigenvalue weighted by molar-refractivity contribution is -0.00802. The molecule has 0 radical (unpaired) electrons. The predicted molar refractivity (Wildman–Crippen MR) is 178 cm³/mol. The number of likely N-dealkylation sites (tertiary alicyclic amines) is 1. The molecule has 242 valence electrons. The van der Waals surface area contributed by atoms with Gasteiger partial charge in [0.05, 0.1) is 19.8 Å². The molecule has 3 amide bonds. The maximum absolute atomic E-state index is 13.4. The van der Waals surface area contributed by atoms with E-state index < -0.39 is 12.2 Å². The van der Waals surface area contributed by atoms with E-state index >= 15 is 0 Å². The van der Waals surface area contributed by atoms with E-state index in [0.29, 0.717) is 24.7 Å². The van der Waals surface area contributed by atoms with Crippen molar-refractivity contribution in [2.24, 2.45) is 5.92 Å². The van der Waals surface area contributed by atoms with Gasteiger partial charge < -0.3 is 35.4 Å². The van der Waals surface area contributed by atoms with Gasteiger partial charge in [0.2, 0.25) is 0 Å². The fourth-order valence-electron chi connectivity index (χ4n) is 5.94. The number of nitrogens with one attached hydrogen (secondary N) is 3. The summed E-state index contributed by atoms with van der Waals surface area (Å²) in [5, 5.41) is 18.5. The quantitative estimate of drug-likeness (QED) is 0.158. The van der Waals surface area contributed by atoms with Crippen molar-refractivity contribution in [2.45, 2.75) is 44.8 Å². The van der Waals surface area contributed by atoms with E-state index in [-0.39, 0.29) is 31.1 Å². The molecule has 4 rings (SSSR count). The van der Waals surface area contributed by atoms with Crippen molar-refractivity contribution < 1.29 is 24.2 Å². The average Bonchev–Trinajstić information content (AvgIpc) is 3.06. The molecule has 1 heterocycles. The van der Waals surface area contributed by atoms with Crippen molar-refractivity contribution in [1.82, 2.24) is 20.9 Å². The van der Waals surface area contributed by atoms with E-state index in [4.69, 9.17) is 26.2 Å². The lowest BCUT2D eigenvalue weighted by Gasteiger charge is -2.38. The van der Waals surface area contributed by atoms with Gasteiger partial charge in [-0.15, -0.1) is 0 Å². The number of hydrogen-bond acceptors (Lipinski definition) is 5. The zero-order valence-electron chi connectivity index (χ0n) is 26.4. The highest BCUT2D eigenvalue weighted by Gasteiger charge is 2.33. The van der Waals surface area contributed by atoms with Crippen LogP contribution in [0.15, 0.2) is 66.7 Å². The number of likely N-dealkylation sites (N-methyl/N-ethyl adjacent to an activating group) is 1. The summed E-state index contributed by atoms with van der Waals surface area (Å²) in [5.74, 6) is 0.799. The molecular formula is C35H45ClN4O5. The van der Waals surface area contributed by atoms with E-state index in [2.05, 4.69) is 41.1 Å². The third-order valence-electron chi connectivity index (χ3n) is 8.37. The summed E-state index contributed by atoms with van der Waals surface area (Å²) in [5.41, 5.74) is 5.21. The molecule has 1 aliphatic heterocycles. The minimum atomic E-state index is -1.10. The standard InChI is InChI=1S/C35H45ClN4O5/c1-4-24-8-5-9-26(20-24)32-30(11-6-12-31(32)36)33(45-19-17-38-35(42)43)27-10-7-18-40(23-27)34(41)39-22-28(37-2)21-25-13-15-29(44-3)16-14-25/h5-6,8-9,11-16,20,27-28,33,37-38H,4,7,10,17-19,21-23H2,1-3H3,(H,39,41)(H,42,43). The van der Waals surface area contributed by atoms with Crippen LogP contribution in [0.2, 0.25) is 5.02 Å². The van der Waals surface area contributed by atoms with Crippen LogP contribution >= 0.6 is 11.6 Å². The summed E-state index contributed by atoms with van der Waals surface area (Å²) in [6.07, 6.45) is 1.86. The van der Waals surface area contributed by atoms with Crippen molar-refractivity contribution in [3.8, 4) is 16.9 Å². The number of amides is 3. The smallest absolute Gasteiger partial charge is 0.404 e. The van der Waals surface area contributed by atoms with Crippen LogP contribution in [0.25, 0.3) is 11.1 Å². The van der Waals surface area contributed by atoms with E-state index in [1.807, 2.05) is 60.5 Å². The molecule has 3 unspecified atom stereocenters. The first kappa shape index (κ1) is 34.1. The molecule has 4 N–H and O–H groups in total. The van der Waals surface area contributed by atoms with E-state index in [1.54, 1.807) is 7.11 Å². The number of halogens is 1. The van der Waals surface area contributed by atoms with Gasteiger partial charge in [-0.2, -0.15) is 0 Å². The molecule has 10 heteroatoms. The molecular weight excluding hydrogens is 592 g/mol. The van der Waals surface area contributed by atoms with Crippen molar-refractivity contribution in [3.05, 3.63) is 88.4 Å². The van der Waals surface area contributed by atoms with Crippen LogP contribution in [0, 0.1) is 5.92 Å². The molecule has 0 bridgehead atoms. The van der Waals surface area contributed by atoms with Gasteiger partial charge in [-0.3, -0.25) is 0 Å². The maximum atomic E-state index is 13.4. The number of urea groups is 1. The molecule has 1 fully saturated rings. The lowest BCUT2D eigenvalue weighted by atomic mass is 9.84. The van der Waals surface area contributed by atoms with Crippen LogP contribution in [0.3, 0.4) is 0 Å². The van der Waals surface area contributed by atoms with Crippen molar-refractivity contribution in [3.63, 3.8) is 0 Å². The van der Waals surface area contributed by atoms with Crippen LogP contribution in [0.4, 0.5) is 9.59 Å². The minimum Gasteiger partial charge on any atom is -0.497 e. The summed E-state index contributed by atoms with van der Waals surface area (Å²) in [6, 6.07) is 22.1. The predicted octanol–water partition coefficient (Wildman–Crippen LogP) is 6.16. The third-order valence-corrected chi connectivity index (χ3v) is 8.69. The number of benzene rings is 3. The van der Waals surface area contributed by atoms with E-state index in [0.717, 1.165) is 53.7 Å². The highest BCUT2D eigenvalue weighted by atomic mass is 35.5. The molecule has 1 saturated heterocycles. The van der Waals surface area contributed by atoms with Gasteiger partial charge in [-0.1, -0.05) is 67.1 Å². The van der Waals surface area contributed by atoms with Crippen molar-refractivity contribution in [2.75, 3.05) is 46.9 Å². The third kappa shape index (κ3) is 9.60. The summed E-state index contributed by atoms with van der Waals surface area (Å²) >= 11 is 6.85. The van der Waals surface area contributed by atoms with E-state index in [9.17, 15) is 9.59 Å². The summed E-state index contributed by atoms with van der Waals surface area (Å²) in [4.78, 5) is 26.4. The molecule has 9 nitrogen and oxygen atoms in total. The average molecular weight is 637 g/mol. The Hall–Kier alpha value is -3.79. The fourth-order valence-corrected chi connectivity index (χ4v) is 6.23. The Bertz CT molecular complexity index is 1400. The Morgan fingerprint density at radius 3 is 2.56 bits per heavy atom. The molecule has 3 aromatic rings. The fraction of sp³-hybridized carbons (Fsp3) is 0.429. The number of hydrogen-bond donors (Lipinski definition) is 4.